The SMILES string of the molecule is CC[C@]1(C(=O)NCCc2ccccc2)CC2CCC1N2C(=O)C1CCOCC1. The van der Waals surface area contributed by atoms with E-state index >= 15 is 0 Å². The van der Waals surface area contributed by atoms with Gasteiger partial charge in [0.05, 0.1) is 5.41 Å². The second-order valence-electron chi connectivity index (χ2n) is 8.58. The van der Waals surface area contributed by atoms with Crippen molar-refractivity contribution in [2.75, 3.05) is 19.8 Å². The molecule has 5 heteroatoms. The number of carbonyl (C=O) groups is 2. The van der Waals surface area contributed by atoms with Crippen molar-refractivity contribution in [1.82, 2.24) is 10.2 Å². The van der Waals surface area contributed by atoms with E-state index in [1.807, 2.05) is 18.2 Å². The molecule has 3 atom stereocenters. The maximum Gasteiger partial charge on any atom is 0.228 e. The van der Waals surface area contributed by atoms with E-state index in [-0.39, 0.29) is 29.8 Å². The number of hydrogen-bond acceptors (Lipinski definition) is 3. The molecule has 3 heterocycles. The fraction of sp³-hybridized carbons (Fsp3) is 0.652. The Labute approximate surface area is 167 Å². The van der Waals surface area contributed by atoms with Gasteiger partial charge in [0.25, 0.3) is 0 Å². The third-order valence-electron chi connectivity index (χ3n) is 7.19. The van der Waals surface area contributed by atoms with Crippen LogP contribution in [0.3, 0.4) is 0 Å². The highest BCUT2D eigenvalue weighted by Gasteiger charge is 2.60. The van der Waals surface area contributed by atoms with Gasteiger partial charge in [0.2, 0.25) is 11.8 Å². The minimum absolute atomic E-state index is 0.0644. The Balaban J connectivity index is 1.42. The summed E-state index contributed by atoms with van der Waals surface area (Å²) in [6.45, 7) is 4.11. The molecule has 3 saturated heterocycles. The normalized spacial score (nSPS) is 29.8. The van der Waals surface area contributed by atoms with E-state index in [9.17, 15) is 9.59 Å². The van der Waals surface area contributed by atoms with E-state index in [0.717, 1.165) is 44.9 Å². The van der Waals surface area contributed by atoms with Gasteiger partial charge in [-0.25, -0.2) is 0 Å². The van der Waals surface area contributed by atoms with Crippen LogP contribution < -0.4 is 5.32 Å². The third-order valence-corrected chi connectivity index (χ3v) is 7.19. The Morgan fingerprint density at radius 3 is 2.61 bits per heavy atom. The van der Waals surface area contributed by atoms with Crippen molar-refractivity contribution >= 4 is 11.8 Å². The molecule has 2 unspecified atom stereocenters. The highest BCUT2D eigenvalue weighted by molar-refractivity contribution is 5.87. The summed E-state index contributed by atoms with van der Waals surface area (Å²) in [5.74, 6) is 0.483. The Hall–Kier alpha value is -1.88. The maximum atomic E-state index is 13.3. The summed E-state index contributed by atoms with van der Waals surface area (Å²) in [6.07, 6.45) is 6.08. The summed E-state index contributed by atoms with van der Waals surface area (Å²) in [7, 11) is 0. The summed E-state index contributed by atoms with van der Waals surface area (Å²) in [5.41, 5.74) is 0.818. The molecule has 0 aliphatic carbocycles. The van der Waals surface area contributed by atoms with Gasteiger partial charge < -0.3 is 15.0 Å². The average molecular weight is 385 g/mol. The summed E-state index contributed by atoms with van der Waals surface area (Å²) in [5, 5.41) is 3.19. The van der Waals surface area contributed by atoms with Gasteiger partial charge in [0.1, 0.15) is 0 Å². The average Bonchev–Trinajstić information content (AvgIpc) is 3.31. The molecule has 3 aliphatic rings. The highest BCUT2D eigenvalue weighted by Crippen LogP contribution is 2.52. The third kappa shape index (κ3) is 3.45. The van der Waals surface area contributed by atoms with E-state index in [2.05, 4.69) is 29.3 Å². The monoisotopic (exact) mass is 384 g/mol. The summed E-state index contributed by atoms with van der Waals surface area (Å²) in [6, 6.07) is 10.5. The van der Waals surface area contributed by atoms with E-state index in [4.69, 9.17) is 4.74 Å². The maximum absolute atomic E-state index is 13.3. The zero-order chi connectivity index (χ0) is 19.6. The van der Waals surface area contributed by atoms with Crippen LogP contribution in [0.5, 0.6) is 0 Å². The van der Waals surface area contributed by atoms with Crippen molar-refractivity contribution in [3.63, 3.8) is 0 Å². The van der Waals surface area contributed by atoms with E-state index < -0.39 is 5.41 Å². The van der Waals surface area contributed by atoms with Gasteiger partial charge in [-0.05, 0) is 50.5 Å². The van der Waals surface area contributed by atoms with Crippen molar-refractivity contribution in [3.05, 3.63) is 35.9 Å². The van der Waals surface area contributed by atoms with Crippen molar-refractivity contribution in [2.24, 2.45) is 11.3 Å². The van der Waals surface area contributed by atoms with Gasteiger partial charge in [-0.15, -0.1) is 0 Å². The van der Waals surface area contributed by atoms with Crippen LogP contribution in [0.25, 0.3) is 0 Å². The van der Waals surface area contributed by atoms with Crippen LogP contribution in [0.2, 0.25) is 0 Å². The fourth-order valence-corrected chi connectivity index (χ4v) is 5.60. The number of amides is 2. The van der Waals surface area contributed by atoms with E-state index in [1.54, 1.807) is 0 Å². The fourth-order valence-electron chi connectivity index (χ4n) is 5.60. The first-order valence-corrected chi connectivity index (χ1v) is 10.9. The highest BCUT2D eigenvalue weighted by atomic mass is 16.5. The second-order valence-corrected chi connectivity index (χ2v) is 8.58. The molecule has 3 aliphatic heterocycles. The van der Waals surface area contributed by atoms with Crippen molar-refractivity contribution in [1.29, 1.82) is 0 Å². The van der Waals surface area contributed by atoms with Crippen LogP contribution in [0.15, 0.2) is 30.3 Å². The van der Waals surface area contributed by atoms with Gasteiger partial charge in [-0.1, -0.05) is 37.3 Å². The molecule has 0 aromatic heterocycles. The standard InChI is InChI=1S/C23H32N2O3/c1-2-23(22(27)24-13-10-17-6-4-3-5-7-17)16-19-8-9-20(23)25(19)21(26)18-11-14-28-15-12-18/h3-7,18-20H,2,8-16H2,1H3,(H,24,27)/t19?,20?,23-/m0/s1. The first-order valence-electron chi connectivity index (χ1n) is 10.9. The predicted molar refractivity (Wildman–Crippen MR) is 108 cm³/mol. The zero-order valence-corrected chi connectivity index (χ0v) is 16.9. The van der Waals surface area contributed by atoms with Crippen LogP contribution >= 0.6 is 0 Å². The predicted octanol–water partition coefficient (Wildman–Crippen LogP) is 2.93. The molecule has 0 radical (unpaired) electrons. The molecular formula is C23H32N2O3. The number of carbonyl (C=O) groups excluding carboxylic acids is 2. The van der Waals surface area contributed by atoms with Gasteiger partial charge in [0, 0.05) is 37.8 Å². The minimum Gasteiger partial charge on any atom is -0.381 e. The number of ether oxygens (including phenoxy) is 1. The van der Waals surface area contributed by atoms with Gasteiger partial charge in [-0.2, -0.15) is 0 Å². The molecule has 3 fully saturated rings. The Kier molecular flexibility index (Phi) is 5.72. The molecule has 1 N–H and O–H groups in total. The van der Waals surface area contributed by atoms with Crippen LogP contribution in [-0.2, 0) is 20.7 Å². The number of fused-ring (bicyclic) bond motifs is 2. The van der Waals surface area contributed by atoms with Crippen LogP contribution in [0.4, 0.5) is 0 Å². The van der Waals surface area contributed by atoms with Crippen molar-refractivity contribution in [2.45, 2.75) is 64.0 Å². The lowest BCUT2D eigenvalue weighted by atomic mass is 9.71. The van der Waals surface area contributed by atoms with Crippen LogP contribution in [0.1, 0.15) is 51.0 Å². The molecular weight excluding hydrogens is 352 g/mol. The van der Waals surface area contributed by atoms with E-state index in [1.165, 1.54) is 5.56 Å². The number of nitrogens with one attached hydrogen (secondary N) is 1. The lowest BCUT2D eigenvalue weighted by Gasteiger charge is -2.36. The molecule has 152 valence electrons. The lowest BCUT2D eigenvalue weighted by molar-refractivity contribution is -0.142. The lowest BCUT2D eigenvalue weighted by Crippen LogP contribution is -2.51. The topological polar surface area (TPSA) is 58.6 Å². The van der Waals surface area contributed by atoms with Gasteiger partial charge in [-0.3, -0.25) is 9.59 Å². The second kappa shape index (κ2) is 8.24. The molecule has 28 heavy (non-hydrogen) atoms. The Morgan fingerprint density at radius 1 is 1.14 bits per heavy atom. The molecule has 1 aromatic rings. The number of benzene rings is 1. The van der Waals surface area contributed by atoms with Gasteiger partial charge in [0.15, 0.2) is 0 Å². The van der Waals surface area contributed by atoms with E-state index in [0.29, 0.717) is 19.8 Å². The molecule has 5 nitrogen and oxygen atoms in total. The first kappa shape index (κ1) is 19.4. The van der Waals surface area contributed by atoms with Crippen molar-refractivity contribution < 1.29 is 14.3 Å². The molecule has 2 bridgehead atoms. The largest absolute Gasteiger partial charge is 0.381 e. The summed E-state index contributed by atoms with van der Waals surface area (Å²) >= 11 is 0. The first-order chi connectivity index (χ1) is 13.7. The Bertz CT molecular complexity index is 701. The Morgan fingerprint density at radius 2 is 1.89 bits per heavy atom. The molecule has 2 amide bonds. The quantitative estimate of drug-likeness (QED) is 0.820. The van der Waals surface area contributed by atoms with Gasteiger partial charge >= 0.3 is 0 Å². The number of nitrogens with zero attached hydrogens (tertiary/aromatic N) is 1. The number of hydrogen-bond donors (Lipinski definition) is 1. The summed E-state index contributed by atoms with van der Waals surface area (Å²) in [4.78, 5) is 28.6. The minimum atomic E-state index is -0.416. The van der Waals surface area contributed by atoms with Crippen LogP contribution in [0, 0.1) is 11.3 Å². The number of rotatable bonds is 6. The van der Waals surface area contributed by atoms with Crippen molar-refractivity contribution in [3.8, 4) is 0 Å². The smallest absolute Gasteiger partial charge is 0.228 e. The summed E-state index contributed by atoms with van der Waals surface area (Å²) < 4.78 is 5.43. The zero-order valence-electron chi connectivity index (χ0n) is 16.9. The van der Waals surface area contributed by atoms with Crippen LogP contribution in [-0.4, -0.2) is 48.6 Å². The molecule has 0 saturated carbocycles. The molecule has 1 aromatic carbocycles. The molecule has 0 spiro atoms. The molecule has 4 rings (SSSR count).